The summed E-state index contributed by atoms with van der Waals surface area (Å²) in [5.41, 5.74) is 0. The molecule has 3 rings (SSSR count). The highest BCUT2D eigenvalue weighted by atomic mass is 32.1. The number of nitrogens with zero attached hydrogens (tertiary/aromatic N) is 1. The number of likely N-dealkylation sites (tertiary alicyclic amines) is 1. The van der Waals surface area contributed by atoms with Crippen molar-refractivity contribution in [3.8, 4) is 0 Å². The van der Waals surface area contributed by atoms with Gasteiger partial charge in [-0.3, -0.25) is 4.79 Å². The van der Waals surface area contributed by atoms with Gasteiger partial charge >= 0.3 is 0 Å². The molecule has 4 nitrogen and oxygen atoms in total. The van der Waals surface area contributed by atoms with E-state index in [2.05, 4.69) is 35.4 Å². The van der Waals surface area contributed by atoms with Crippen LogP contribution in [-0.2, 0) is 0 Å². The van der Waals surface area contributed by atoms with Gasteiger partial charge in [0.25, 0.3) is 5.91 Å². The van der Waals surface area contributed by atoms with Crippen LogP contribution in [0.3, 0.4) is 0 Å². The van der Waals surface area contributed by atoms with Crippen molar-refractivity contribution in [1.82, 2.24) is 15.5 Å². The van der Waals surface area contributed by atoms with Gasteiger partial charge in [-0.15, -0.1) is 11.3 Å². The minimum atomic E-state index is 0.102. The Balaban J connectivity index is 1.44. The molecular weight excluding hydrogens is 306 g/mol. The Labute approximate surface area is 143 Å². The summed E-state index contributed by atoms with van der Waals surface area (Å²) in [6, 6.07) is 5.20. The molecular formula is C18H29N3OS. The fourth-order valence-corrected chi connectivity index (χ4v) is 4.62. The van der Waals surface area contributed by atoms with Crippen LogP contribution in [0, 0.1) is 5.92 Å². The first-order valence-corrected chi connectivity index (χ1v) is 9.80. The Kier molecular flexibility index (Phi) is 5.72. The minimum absolute atomic E-state index is 0.102. The lowest BCUT2D eigenvalue weighted by Crippen LogP contribution is -2.41. The monoisotopic (exact) mass is 335 g/mol. The highest BCUT2D eigenvalue weighted by Crippen LogP contribution is 2.29. The zero-order valence-electron chi connectivity index (χ0n) is 14.3. The maximum absolute atomic E-state index is 12.4. The third-order valence-electron chi connectivity index (χ3n) is 5.19. The predicted octanol–water partition coefficient (Wildman–Crippen LogP) is 3.02. The molecule has 0 aliphatic carbocycles. The lowest BCUT2D eigenvalue weighted by atomic mass is 9.96. The van der Waals surface area contributed by atoms with Crippen LogP contribution >= 0.6 is 11.3 Å². The van der Waals surface area contributed by atoms with Crippen LogP contribution in [0.15, 0.2) is 12.1 Å². The summed E-state index contributed by atoms with van der Waals surface area (Å²) in [4.78, 5) is 17.0. The first-order chi connectivity index (χ1) is 11.1. The van der Waals surface area contributed by atoms with E-state index in [0.717, 1.165) is 31.1 Å². The summed E-state index contributed by atoms with van der Waals surface area (Å²) in [6.07, 6.45) is 4.81. The third-order valence-corrected chi connectivity index (χ3v) is 6.38. The van der Waals surface area contributed by atoms with Crippen molar-refractivity contribution in [2.24, 2.45) is 5.92 Å². The topological polar surface area (TPSA) is 44.4 Å². The molecule has 5 heteroatoms. The van der Waals surface area contributed by atoms with Gasteiger partial charge in [0.2, 0.25) is 0 Å². The predicted molar refractivity (Wildman–Crippen MR) is 96.1 cm³/mol. The molecule has 2 saturated heterocycles. The highest BCUT2D eigenvalue weighted by Gasteiger charge is 2.22. The molecule has 2 aliphatic rings. The lowest BCUT2D eigenvalue weighted by molar-refractivity contribution is 0.0933. The van der Waals surface area contributed by atoms with E-state index in [0.29, 0.717) is 18.0 Å². The molecule has 1 unspecified atom stereocenters. The van der Waals surface area contributed by atoms with E-state index in [1.807, 2.05) is 6.07 Å². The van der Waals surface area contributed by atoms with Crippen molar-refractivity contribution < 1.29 is 4.79 Å². The molecule has 0 spiro atoms. The zero-order valence-corrected chi connectivity index (χ0v) is 15.1. The number of carbonyl (C=O) groups is 1. The van der Waals surface area contributed by atoms with Gasteiger partial charge in [0, 0.05) is 23.5 Å². The first-order valence-electron chi connectivity index (χ1n) is 8.99. The lowest BCUT2D eigenvalue weighted by Gasteiger charge is -2.34. The van der Waals surface area contributed by atoms with Crippen LogP contribution < -0.4 is 10.6 Å². The Morgan fingerprint density at radius 2 is 2.13 bits per heavy atom. The second-order valence-corrected chi connectivity index (χ2v) is 8.25. The van der Waals surface area contributed by atoms with Crippen LogP contribution in [0.25, 0.3) is 0 Å². The summed E-state index contributed by atoms with van der Waals surface area (Å²) in [7, 11) is 0. The molecule has 128 valence electrons. The number of amides is 1. The van der Waals surface area contributed by atoms with Crippen molar-refractivity contribution in [3.63, 3.8) is 0 Å². The SMILES string of the molecule is CC(C)N1CCC(CNC(=O)c2ccc(C3CCCN3)s2)CC1. The maximum Gasteiger partial charge on any atom is 0.261 e. The van der Waals surface area contributed by atoms with Crippen molar-refractivity contribution in [1.29, 1.82) is 0 Å². The molecule has 0 radical (unpaired) electrons. The Morgan fingerprint density at radius 3 is 2.78 bits per heavy atom. The largest absolute Gasteiger partial charge is 0.351 e. The van der Waals surface area contributed by atoms with E-state index in [4.69, 9.17) is 0 Å². The molecule has 0 bridgehead atoms. The molecule has 3 heterocycles. The fourth-order valence-electron chi connectivity index (χ4n) is 3.59. The number of thiophene rings is 1. The van der Waals surface area contributed by atoms with Crippen LogP contribution in [0.1, 0.15) is 60.1 Å². The molecule has 2 aliphatic heterocycles. The van der Waals surface area contributed by atoms with Gasteiger partial charge in [0.05, 0.1) is 4.88 Å². The highest BCUT2D eigenvalue weighted by molar-refractivity contribution is 7.14. The molecule has 1 atom stereocenters. The summed E-state index contributed by atoms with van der Waals surface area (Å²) in [5, 5.41) is 6.65. The van der Waals surface area contributed by atoms with E-state index in [9.17, 15) is 4.79 Å². The number of hydrogen-bond acceptors (Lipinski definition) is 4. The second-order valence-electron chi connectivity index (χ2n) is 7.13. The molecule has 2 fully saturated rings. The minimum Gasteiger partial charge on any atom is -0.351 e. The number of piperidine rings is 1. The summed E-state index contributed by atoms with van der Waals surface area (Å²) < 4.78 is 0. The molecule has 0 saturated carbocycles. The molecule has 0 aromatic carbocycles. The van der Waals surface area contributed by atoms with E-state index >= 15 is 0 Å². The van der Waals surface area contributed by atoms with Crippen molar-refractivity contribution in [2.45, 2.75) is 51.6 Å². The van der Waals surface area contributed by atoms with Gasteiger partial charge in [0.15, 0.2) is 0 Å². The Morgan fingerprint density at radius 1 is 1.35 bits per heavy atom. The number of carbonyl (C=O) groups excluding carboxylic acids is 1. The standard InChI is InChI=1S/C18H29N3OS/c1-13(2)21-10-7-14(8-11-21)12-20-18(22)17-6-5-16(23-17)15-4-3-9-19-15/h5-6,13-15,19H,3-4,7-12H2,1-2H3,(H,20,22). The van der Waals surface area contributed by atoms with Crippen LogP contribution in [0.2, 0.25) is 0 Å². The van der Waals surface area contributed by atoms with Gasteiger partial charge in [0.1, 0.15) is 0 Å². The van der Waals surface area contributed by atoms with E-state index in [1.54, 1.807) is 11.3 Å². The van der Waals surface area contributed by atoms with Gasteiger partial charge < -0.3 is 15.5 Å². The van der Waals surface area contributed by atoms with Gasteiger partial charge in [-0.2, -0.15) is 0 Å². The molecule has 2 N–H and O–H groups in total. The Bertz CT molecular complexity index is 514. The van der Waals surface area contributed by atoms with Crippen LogP contribution in [0.5, 0.6) is 0 Å². The Hall–Kier alpha value is -0.910. The maximum atomic E-state index is 12.4. The van der Waals surface area contributed by atoms with E-state index in [1.165, 1.54) is 30.6 Å². The van der Waals surface area contributed by atoms with Crippen LogP contribution in [-0.4, -0.2) is 43.0 Å². The second kappa shape index (κ2) is 7.77. The average molecular weight is 336 g/mol. The van der Waals surface area contributed by atoms with Gasteiger partial charge in [-0.05, 0) is 77.2 Å². The van der Waals surface area contributed by atoms with Crippen molar-refractivity contribution in [3.05, 3.63) is 21.9 Å². The van der Waals surface area contributed by atoms with Crippen LogP contribution in [0.4, 0.5) is 0 Å². The van der Waals surface area contributed by atoms with Gasteiger partial charge in [-0.1, -0.05) is 0 Å². The van der Waals surface area contributed by atoms with Crippen molar-refractivity contribution >= 4 is 17.2 Å². The zero-order chi connectivity index (χ0) is 16.2. The number of rotatable bonds is 5. The van der Waals surface area contributed by atoms with Gasteiger partial charge in [-0.25, -0.2) is 0 Å². The third kappa shape index (κ3) is 4.34. The molecule has 1 amide bonds. The normalized spacial score (nSPS) is 23.5. The van der Waals surface area contributed by atoms with E-state index in [-0.39, 0.29) is 5.91 Å². The number of hydrogen-bond donors (Lipinski definition) is 2. The summed E-state index contributed by atoms with van der Waals surface area (Å²) in [6.45, 7) is 8.76. The smallest absolute Gasteiger partial charge is 0.261 e. The molecule has 23 heavy (non-hydrogen) atoms. The summed E-state index contributed by atoms with van der Waals surface area (Å²) >= 11 is 1.65. The fraction of sp³-hybridized carbons (Fsp3) is 0.722. The average Bonchev–Trinajstić information content (AvgIpc) is 3.23. The molecule has 1 aromatic rings. The first kappa shape index (κ1) is 16.9. The number of nitrogens with one attached hydrogen (secondary N) is 2. The van der Waals surface area contributed by atoms with Crippen molar-refractivity contribution in [2.75, 3.05) is 26.2 Å². The molecule has 1 aromatic heterocycles. The summed E-state index contributed by atoms with van der Waals surface area (Å²) in [5.74, 6) is 0.732. The quantitative estimate of drug-likeness (QED) is 0.869. The van der Waals surface area contributed by atoms with E-state index < -0.39 is 0 Å².